The van der Waals surface area contributed by atoms with Crippen LogP contribution in [-0.4, -0.2) is 6.54 Å². The van der Waals surface area contributed by atoms with Crippen LogP contribution in [0.4, 0.5) is 11.4 Å². The summed E-state index contributed by atoms with van der Waals surface area (Å²) in [6, 6.07) is 17.4. The van der Waals surface area contributed by atoms with Gasteiger partial charge in [0.25, 0.3) is 0 Å². The first-order chi connectivity index (χ1) is 7.90. The Morgan fingerprint density at radius 2 is 1.38 bits per heavy atom. The van der Waals surface area contributed by atoms with E-state index in [2.05, 4.69) is 60.4 Å². The van der Waals surface area contributed by atoms with Crippen molar-refractivity contribution in [1.29, 1.82) is 0 Å². The molecule has 1 heteroatoms. The Morgan fingerprint density at radius 1 is 0.875 bits per heavy atom. The predicted octanol–water partition coefficient (Wildman–Crippen LogP) is 3.75. The number of para-hydroxylation sites is 2. The van der Waals surface area contributed by atoms with Crippen molar-refractivity contribution >= 4 is 11.4 Å². The van der Waals surface area contributed by atoms with Crippen molar-refractivity contribution in [2.24, 2.45) is 0 Å². The molecule has 0 saturated heterocycles. The summed E-state index contributed by atoms with van der Waals surface area (Å²) in [4.78, 5) is 2.40. The third-order valence-electron chi connectivity index (χ3n) is 3.26. The predicted molar refractivity (Wildman–Crippen MR) is 68.4 cm³/mol. The van der Waals surface area contributed by atoms with Crippen molar-refractivity contribution in [3.63, 3.8) is 0 Å². The average Bonchev–Trinajstić information content (AvgIpc) is 2.36. The maximum atomic E-state index is 2.40. The molecule has 0 aliphatic carbocycles. The minimum atomic E-state index is 1.02. The van der Waals surface area contributed by atoms with Crippen molar-refractivity contribution in [2.75, 3.05) is 11.4 Å². The summed E-state index contributed by atoms with van der Waals surface area (Å²) in [5.74, 6) is 0. The first-order valence-electron chi connectivity index (χ1n) is 5.83. The number of fused-ring (bicyclic) bond motifs is 2. The summed E-state index contributed by atoms with van der Waals surface area (Å²) in [5, 5.41) is 0. The molecule has 0 fully saturated rings. The Balaban J connectivity index is 2.19. The lowest BCUT2D eigenvalue weighted by molar-refractivity contribution is 0.961. The minimum Gasteiger partial charge on any atom is -0.341 e. The second-order valence-electron chi connectivity index (χ2n) is 4.18. The number of nitrogens with zero attached hydrogens (tertiary/aromatic N) is 1. The second kappa shape index (κ2) is 3.67. The van der Waals surface area contributed by atoms with Gasteiger partial charge in [-0.2, -0.15) is 0 Å². The van der Waals surface area contributed by atoms with E-state index in [-0.39, 0.29) is 0 Å². The number of anilines is 2. The van der Waals surface area contributed by atoms with E-state index >= 15 is 0 Å². The maximum Gasteiger partial charge on any atom is 0.0446 e. The van der Waals surface area contributed by atoms with Crippen molar-refractivity contribution in [3.05, 3.63) is 59.7 Å². The van der Waals surface area contributed by atoms with Crippen LogP contribution >= 0.6 is 0 Å². The van der Waals surface area contributed by atoms with Crippen LogP contribution in [0.2, 0.25) is 0 Å². The minimum absolute atomic E-state index is 1.02. The van der Waals surface area contributed by atoms with E-state index in [0.29, 0.717) is 0 Å². The van der Waals surface area contributed by atoms with Crippen LogP contribution in [0, 0.1) is 0 Å². The molecule has 0 atom stereocenters. The van der Waals surface area contributed by atoms with Gasteiger partial charge < -0.3 is 4.90 Å². The highest BCUT2D eigenvalue weighted by molar-refractivity contribution is 5.73. The molecule has 2 aromatic rings. The van der Waals surface area contributed by atoms with Gasteiger partial charge in [0.1, 0.15) is 0 Å². The van der Waals surface area contributed by atoms with Gasteiger partial charge >= 0.3 is 0 Å². The van der Waals surface area contributed by atoms with Gasteiger partial charge in [-0.3, -0.25) is 0 Å². The first-order valence-corrected chi connectivity index (χ1v) is 5.83. The molecule has 1 nitrogen and oxygen atoms in total. The fourth-order valence-corrected chi connectivity index (χ4v) is 2.52. The van der Waals surface area contributed by atoms with Gasteiger partial charge in [0.05, 0.1) is 0 Å². The van der Waals surface area contributed by atoms with E-state index in [9.17, 15) is 0 Å². The fraction of sp³-hybridized carbons (Fsp3) is 0.200. The van der Waals surface area contributed by atoms with Gasteiger partial charge in [-0.25, -0.2) is 0 Å². The summed E-state index contributed by atoms with van der Waals surface area (Å²) in [5.41, 5.74) is 5.60. The molecule has 0 amide bonds. The van der Waals surface area contributed by atoms with Crippen molar-refractivity contribution < 1.29 is 0 Å². The smallest absolute Gasteiger partial charge is 0.0446 e. The summed E-state index contributed by atoms with van der Waals surface area (Å²) >= 11 is 0. The topological polar surface area (TPSA) is 3.24 Å². The molecule has 0 N–H and O–H groups in total. The maximum absolute atomic E-state index is 2.40. The van der Waals surface area contributed by atoms with Crippen molar-refractivity contribution in [1.82, 2.24) is 0 Å². The van der Waals surface area contributed by atoms with Crippen LogP contribution in [0.3, 0.4) is 0 Å². The Bertz CT molecular complexity index is 471. The molecule has 0 spiro atoms. The highest BCUT2D eigenvalue weighted by Gasteiger charge is 2.19. The highest BCUT2D eigenvalue weighted by Crippen LogP contribution is 2.37. The van der Waals surface area contributed by atoms with Gasteiger partial charge in [0, 0.05) is 24.3 Å². The van der Waals surface area contributed by atoms with Crippen LogP contribution in [0.15, 0.2) is 48.5 Å². The van der Waals surface area contributed by atoms with Crippen LogP contribution in [0.1, 0.15) is 18.1 Å². The number of hydrogen-bond donors (Lipinski definition) is 0. The van der Waals surface area contributed by atoms with E-state index < -0.39 is 0 Å². The second-order valence-corrected chi connectivity index (χ2v) is 4.18. The molecule has 16 heavy (non-hydrogen) atoms. The van der Waals surface area contributed by atoms with Crippen LogP contribution in [0.25, 0.3) is 0 Å². The Morgan fingerprint density at radius 3 is 1.88 bits per heavy atom. The molecular weight excluding hydrogens is 194 g/mol. The summed E-state index contributed by atoms with van der Waals surface area (Å²) in [6.45, 7) is 3.23. The van der Waals surface area contributed by atoms with Gasteiger partial charge in [0.15, 0.2) is 0 Å². The lowest BCUT2D eigenvalue weighted by Gasteiger charge is -2.32. The van der Waals surface area contributed by atoms with Crippen LogP contribution < -0.4 is 4.90 Å². The van der Waals surface area contributed by atoms with Gasteiger partial charge in [-0.05, 0) is 30.2 Å². The lowest BCUT2D eigenvalue weighted by atomic mass is 9.96. The largest absolute Gasteiger partial charge is 0.341 e. The summed E-state index contributed by atoms with van der Waals surface area (Å²) in [7, 11) is 0. The lowest BCUT2D eigenvalue weighted by Crippen LogP contribution is -2.22. The van der Waals surface area contributed by atoms with E-state index in [1.54, 1.807) is 0 Å². The zero-order chi connectivity index (χ0) is 11.0. The highest BCUT2D eigenvalue weighted by atomic mass is 15.1. The third-order valence-corrected chi connectivity index (χ3v) is 3.26. The molecule has 2 aromatic carbocycles. The van der Waals surface area contributed by atoms with Crippen LogP contribution in [0.5, 0.6) is 0 Å². The quantitative estimate of drug-likeness (QED) is 0.691. The number of hydrogen-bond acceptors (Lipinski definition) is 1. The van der Waals surface area contributed by atoms with E-state index in [1.807, 2.05) is 0 Å². The fourth-order valence-electron chi connectivity index (χ4n) is 2.52. The number of benzene rings is 2. The standard InChI is InChI=1S/C15H15N/c1-2-16-14-9-5-3-7-12(14)11-13-8-4-6-10-15(13)16/h3-10H,2,11H2,1H3. The normalized spacial score (nSPS) is 13.2. The Labute approximate surface area is 96.3 Å². The molecule has 3 rings (SSSR count). The molecular formula is C15H15N. The average molecular weight is 209 g/mol. The molecule has 1 heterocycles. The molecule has 80 valence electrons. The summed E-state index contributed by atoms with van der Waals surface area (Å²) < 4.78 is 0. The first kappa shape index (κ1) is 9.46. The summed E-state index contributed by atoms with van der Waals surface area (Å²) in [6.07, 6.45) is 1.06. The Kier molecular flexibility index (Phi) is 2.17. The van der Waals surface area contributed by atoms with E-state index in [4.69, 9.17) is 0 Å². The molecule has 1 aliphatic heterocycles. The molecule has 0 bridgehead atoms. The molecule has 0 unspecified atom stereocenters. The van der Waals surface area contributed by atoms with E-state index in [0.717, 1.165) is 13.0 Å². The third kappa shape index (κ3) is 1.32. The van der Waals surface area contributed by atoms with Gasteiger partial charge in [0.2, 0.25) is 0 Å². The zero-order valence-electron chi connectivity index (χ0n) is 9.48. The molecule has 0 aromatic heterocycles. The molecule has 0 radical (unpaired) electrons. The Hall–Kier alpha value is -1.76. The number of rotatable bonds is 1. The molecule has 1 aliphatic rings. The van der Waals surface area contributed by atoms with Crippen molar-refractivity contribution in [2.45, 2.75) is 13.3 Å². The van der Waals surface area contributed by atoms with Crippen LogP contribution in [-0.2, 0) is 6.42 Å². The van der Waals surface area contributed by atoms with Gasteiger partial charge in [-0.15, -0.1) is 0 Å². The van der Waals surface area contributed by atoms with Crippen molar-refractivity contribution in [3.8, 4) is 0 Å². The zero-order valence-corrected chi connectivity index (χ0v) is 9.48. The SMILES string of the molecule is CCN1c2ccccc2Cc2ccccc21. The van der Waals surface area contributed by atoms with Gasteiger partial charge in [-0.1, -0.05) is 36.4 Å². The monoisotopic (exact) mass is 209 g/mol. The van der Waals surface area contributed by atoms with E-state index in [1.165, 1.54) is 22.5 Å². The molecule has 0 saturated carbocycles.